The molecular formula is C21H21Br2NOS. The first kappa shape index (κ1) is 19.7. The lowest BCUT2D eigenvalue weighted by Crippen LogP contribution is -2.25. The summed E-state index contributed by atoms with van der Waals surface area (Å²) in [7, 11) is 0. The van der Waals surface area contributed by atoms with E-state index in [0.29, 0.717) is 5.75 Å². The molecule has 136 valence electrons. The highest BCUT2D eigenvalue weighted by molar-refractivity contribution is 9.10. The number of benzene rings is 2. The zero-order valence-corrected chi connectivity index (χ0v) is 18.4. The van der Waals surface area contributed by atoms with E-state index >= 15 is 0 Å². The Bertz CT molecular complexity index is 800. The summed E-state index contributed by atoms with van der Waals surface area (Å²) in [5.41, 5.74) is 1.78. The number of hydrogen-bond donors (Lipinski definition) is 0. The topological polar surface area (TPSA) is 20.3 Å². The lowest BCUT2D eigenvalue weighted by atomic mass is 10.0. The van der Waals surface area contributed by atoms with Gasteiger partial charge in [-0.2, -0.15) is 0 Å². The van der Waals surface area contributed by atoms with Crippen LogP contribution in [0.3, 0.4) is 0 Å². The number of halogens is 2. The van der Waals surface area contributed by atoms with Gasteiger partial charge < -0.3 is 4.90 Å². The number of piperidine rings is 1. The molecule has 1 fully saturated rings. The summed E-state index contributed by atoms with van der Waals surface area (Å²) < 4.78 is 2.03. The first-order chi connectivity index (χ1) is 12.6. The van der Waals surface area contributed by atoms with Crippen molar-refractivity contribution in [3.8, 4) is 0 Å². The fourth-order valence-electron chi connectivity index (χ4n) is 2.98. The van der Waals surface area contributed by atoms with Gasteiger partial charge in [0.1, 0.15) is 0 Å². The van der Waals surface area contributed by atoms with E-state index < -0.39 is 0 Å². The van der Waals surface area contributed by atoms with E-state index in [1.807, 2.05) is 48.5 Å². The highest BCUT2D eigenvalue weighted by atomic mass is 79.9. The molecule has 0 saturated carbocycles. The van der Waals surface area contributed by atoms with Gasteiger partial charge in [-0.1, -0.05) is 50.1 Å². The Balaban J connectivity index is 1.79. The minimum absolute atomic E-state index is 0.165. The van der Waals surface area contributed by atoms with Crippen LogP contribution in [0.2, 0.25) is 0 Å². The number of ketones is 1. The molecule has 1 aliphatic heterocycles. The van der Waals surface area contributed by atoms with Crippen molar-refractivity contribution in [3.63, 3.8) is 0 Å². The SMILES string of the molecule is O=C(CSc1cccc(Br)c1)/C(=C\N1CCCCC1)c1cccc(Br)c1. The van der Waals surface area contributed by atoms with Gasteiger partial charge >= 0.3 is 0 Å². The molecule has 1 heterocycles. The van der Waals surface area contributed by atoms with Crippen LogP contribution in [0.4, 0.5) is 0 Å². The summed E-state index contributed by atoms with van der Waals surface area (Å²) in [5, 5.41) is 0. The highest BCUT2D eigenvalue weighted by Gasteiger charge is 2.16. The van der Waals surface area contributed by atoms with Gasteiger partial charge in [0, 0.05) is 38.7 Å². The van der Waals surface area contributed by atoms with Crippen molar-refractivity contribution in [1.29, 1.82) is 0 Å². The van der Waals surface area contributed by atoms with Crippen LogP contribution in [-0.4, -0.2) is 29.5 Å². The van der Waals surface area contributed by atoms with Crippen molar-refractivity contribution in [2.45, 2.75) is 24.2 Å². The smallest absolute Gasteiger partial charge is 0.175 e. The minimum Gasteiger partial charge on any atom is -0.377 e. The van der Waals surface area contributed by atoms with Gasteiger partial charge in [-0.25, -0.2) is 0 Å². The molecule has 0 aliphatic carbocycles. The zero-order valence-electron chi connectivity index (χ0n) is 14.5. The van der Waals surface area contributed by atoms with Crippen LogP contribution in [0.15, 0.2) is 68.6 Å². The second-order valence-electron chi connectivity index (χ2n) is 6.32. The fourth-order valence-corrected chi connectivity index (χ4v) is 4.77. The predicted molar refractivity (Wildman–Crippen MR) is 117 cm³/mol. The molecule has 0 bridgehead atoms. The summed E-state index contributed by atoms with van der Waals surface area (Å²) >= 11 is 8.59. The number of rotatable bonds is 6. The summed E-state index contributed by atoms with van der Waals surface area (Å²) in [6.07, 6.45) is 5.75. The molecule has 0 spiro atoms. The highest BCUT2D eigenvalue weighted by Crippen LogP contribution is 2.27. The number of likely N-dealkylation sites (tertiary alicyclic amines) is 1. The Hall–Kier alpha value is -1.04. The van der Waals surface area contributed by atoms with Crippen LogP contribution in [0.25, 0.3) is 5.57 Å². The molecule has 0 amide bonds. The van der Waals surface area contributed by atoms with E-state index in [4.69, 9.17) is 0 Å². The van der Waals surface area contributed by atoms with Gasteiger partial charge in [0.25, 0.3) is 0 Å². The molecule has 26 heavy (non-hydrogen) atoms. The number of allylic oxidation sites excluding steroid dienone is 1. The van der Waals surface area contributed by atoms with Crippen LogP contribution in [-0.2, 0) is 4.79 Å². The van der Waals surface area contributed by atoms with Gasteiger partial charge in [0.15, 0.2) is 5.78 Å². The number of Topliss-reactive ketones (excluding diaryl/α,β-unsaturated/α-hetero) is 1. The Kier molecular flexibility index (Phi) is 7.41. The van der Waals surface area contributed by atoms with Crippen molar-refractivity contribution in [3.05, 3.63) is 69.2 Å². The quantitative estimate of drug-likeness (QED) is 0.342. The van der Waals surface area contributed by atoms with Gasteiger partial charge in [0.05, 0.1) is 5.75 Å². The Morgan fingerprint density at radius 2 is 1.69 bits per heavy atom. The minimum atomic E-state index is 0.165. The summed E-state index contributed by atoms with van der Waals surface area (Å²) in [6.45, 7) is 2.06. The lowest BCUT2D eigenvalue weighted by molar-refractivity contribution is -0.111. The van der Waals surface area contributed by atoms with Crippen LogP contribution in [0, 0.1) is 0 Å². The number of carbonyl (C=O) groups is 1. The van der Waals surface area contributed by atoms with Crippen molar-refractivity contribution >= 4 is 55.0 Å². The third kappa shape index (κ3) is 5.73. The second kappa shape index (κ2) is 9.77. The molecule has 1 saturated heterocycles. The molecule has 2 aromatic carbocycles. The van der Waals surface area contributed by atoms with Crippen LogP contribution < -0.4 is 0 Å². The van der Waals surface area contributed by atoms with Crippen LogP contribution in [0.5, 0.6) is 0 Å². The third-order valence-electron chi connectivity index (χ3n) is 4.30. The molecule has 0 radical (unpaired) electrons. The maximum atomic E-state index is 13.0. The van der Waals surface area contributed by atoms with E-state index in [1.54, 1.807) is 11.8 Å². The Labute approximate surface area is 176 Å². The average molecular weight is 495 g/mol. The normalized spacial score (nSPS) is 15.2. The number of nitrogens with zero attached hydrogens (tertiary/aromatic N) is 1. The molecule has 0 atom stereocenters. The van der Waals surface area contributed by atoms with E-state index in [2.05, 4.69) is 43.0 Å². The molecule has 5 heteroatoms. The molecule has 2 aromatic rings. The van der Waals surface area contributed by atoms with E-state index in [9.17, 15) is 4.79 Å². The molecule has 3 rings (SSSR count). The third-order valence-corrected chi connectivity index (χ3v) is 6.28. The van der Waals surface area contributed by atoms with Crippen molar-refractivity contribution < 1.29 is 4.79 Å². The molecular weight excluding hydrogens is 474 g/mol. The van der Waals surface area contributed by atoms with Crippen molar-refractivity contribution in [1.82, 2.24) is 4.90 Å². The molecule has 0 N–H and O–H groups in total. The summed E-state index contributed by atoms with van der Waals surface area (Å²) in [4.78, 5) is 16.4. The average Bonchev–Trinajstić information content (AvgIpc) is 2.65. The van der Waals surface area contributed by atoms with E-state index in [-0.39, 0.29) is 5.78 Å². The number of hydrogen-bond acceptors (Lipinski definition) is 3. The second-order valence-corrected chi connectivity index (χ2v) is 9.20. The van der Waals surface area contributed by atoms with Gasteiger partial charge in [-0.15, -0.1) is 11.8 Å². The number of thioether (sulfide) groups is 1. The lowest BCUT2D eigenvalue weighted by Gasteiger charge is -2.26. The maximum Gasteiger partial charge on any atom is 0.175 e. The fraction of sp³-hybridized carbons (Fsp3) is 0.286. The molecule has 1 aliphatic rings. The Morgan fingerprint density at radius 3 is 2.38 bits per heavy atom. The summed E-state index contributed by atoms with van der Waals surface area (Å²) in [5.74, 6) is 0.599. The van der Waals surface area contributed by atoms with Gasteiger partial charge in [0.2, 0.25) is 0 Å². The number of carbonyl (C=O) groups excluding carboxylic acids is 1. The first-order valence-electron chi connectivity index (χ1n) is 8.75. The molecule has 0 aromatic heterocycles. The van der Waals surface area contributed by atoms with Crippen LogP contribution in [0.1, 0.15) is 24.8 Å². The summed E-state index contributed by atoms with van der Waals surface area (Å²) in [6, 6.07) is 16.1. The maximum absolute atomic E-state index is 13.0. The van der Waals surface area contributed by atoms with Crippen molar-refractivity contribution in [2.24, 2.45) is 0 Å². The standard InChI is InChI=1S/C21H21Br2NOS/c22-17-7-4-6-16(12-17)20(14-24-10-2-1-3-11-24)21(25)15-26-19-9-5-8-18(23)13-19/h4-9,12-14H,1-3,10-11,15H2/b20-14-. The van der Waals surface area contributed by atoms with Gasteiger partial charge in [-0.3, -0.25) is 4.79 Å². The molecule has 0 unspecified atom stereocenters. The predicted octanol–water partition coefficient (Wildman–Crippen LogP) is 6.40. The zero-order chi connectivity index (χ0) is 18.4. The largest absolute Gasteiger partial charge is 0.377 e. The Morgan fingerprint density at radius 1 is 1.00 bits per heavy atom. The first-order valence-corrected chi connectivity index (χ1v) is 11.3. The monoisotopic (exact) mass is 493 g/mol. The van der Waals surface area contributed by atoms with E-state index in [1.165, 1.54) is 19.3 Å². The van der Waals surface area contributed by atoms with E-state index in [0.717, 1.165) is 38.1 Å². The van der Waals surface area contributed by atoms with Gasteiger partial charge in [-0.05, 0) is 55.2 Å². The van der Waals surface area contributed by atoms with Crippen LogP contribution >= 0.6 is 43.6 Å². The van der Waals surface area contributed by atoms with Crippen molar-refractivity contribution in [2.75, 3.05) is 18.8 Å². The molecule has 2 nitrogen and oxygen atoms in total.